The van der Waals surface area contributed by atoms with Gasteiger partial charge in [-0.25, -0.2) is 4.39 Å². The van der Waals surface area contributed by atoms with E-state index in [4.69, 9.17) is 9.94 Å². The van der Waals surface area contributed by atoms with E-state index in [0.29, 0.717) is 5.75 Å². The predicted octanol–water partition coefficient (Wildman–Crippen LogP) is 1.64. The number of halogens is 1. The molecule has 0 bridgehead atoms. The third kappa shape index (κ3) is 1.72. The van der Waals surface area contributed by atoms with Crippen LogP contribution in [0.3, 0.4) is 0 Å². The zero-order chi connectivity index (χ0) is 8.97. The number of hydrogen-bond acceptors (Lipinski definition) is 3. The SMILES string of the molecule is COc1ccc(F)c(/C=N/O)c1. The summed E-state index contributed by atoms with van der Waals surface area (Å²) >= 11 is 0. The Kier molecular flexibility index (Phi) is 2.63. The van der Waals surface area contributed by atoms with E-state index in [2.05, 4.69) is 5.16 Å². The molecule has 0 unspecified atom stereocenters. The Morgan fingerprint density at radius 2 is 2.33 bits per heavy atom. The molecule has 0 heterocycles. The highest BCUT2D eigenvalue weighted by Gasteiger charge is 2.00. The quantitative estimate of drug-likeness (QED) is 0.415. The van der Waals surface area contributed by atoms with Crippen molar-refractivity contribution in [1.29, 1.82) is 0 Å². The van der Waals surface area contributed by atoms with Crippen LogP contribution in [0.5, 0.6) is 5.75 Å². The highest BCUT2D eigenvalue weighted by atomic mass is 19.1. The molecule has 0 aliphatic rings. The maximum Gasteiger partial charge on any atom is 0.132 e. The summed E-state index contributed by atoms with van der Waals surface area (Å²) in [5.41, 5.74) is 0.192. The summed E-state index contributed by atoms with van der Waals surface area (Å²) in [6.07, 6.45) is 1.01. The van der Waals surface area contributed by atoms with Gasteiger partial charge in [0, 0.05) is 5.56 Å². The highest BCUT2D eigenvalue weighted by molar-refractivity contribution is 5.80. The lowest BCUT2D eigenvalue weighted by Gasteiger charge is -2.00. The molecule has 4 heteroatoms. The normalized spacial score (nSPS) is 10.5. The van der Waals surface area contributed by atoms with Crippen LogP contribution in [-0.4, -0.2) is 18.5 Å². The Labute approximate surface area is 69.1 Å². The number of ether oxygens (including phenoxy) is 1. The van der Waals surface area contributed by atoms with Gasteiger partial charge in [0.25, 0.3) is 0 Å². The smallest absolute Gasteiger partial charge is 0.132 e. The lowest BCUT2D eigenvalue weighted by Crippen LogP contribution is -1.90. The van der Waals surface area contributed by atoms with E-state index >= 15 is 0 Å². The van der Waals surface area contributed by atoms with Crippen molar-refractivity contribution in [2.24, 2.45) is 5.16 Å². The maximum atomic E-state index is 12.8. The van der Waals surface area contributed by atoms with E-state index in [9.17, 15) is 4.39 Å². The van der Waals surface area contributed by atoms with Crippen molar-refractivity contribution in [2.75, 3.05) is 7.11 Å². The molecule has 3 nitrogen and oxygen atoms in total. The van der Waals surface area contributed by atoms with Crippen LogP contribution in [0, 0.1) is 5.82 Å². The zero-order valence-electron chi connectivity index (χ0n) is 6.49. The van der Waals surface area contributed by atoms with Crippen LogP contribution in [-0.2, 0) is 0 Å². The summed E-state index contributed by atoms with van der Waals surface area (Å²) in [7, 11) is 1.48. The minimum atomic E-state index is -0.450. The van der Waals surface area contributed by atoms with Crippen molar-refractivity contribution in [2.45, 2.75) is 0 Å². The highest BCUT2D eigenvalue weighted by Crippen LogP contribution is 2.14. The van der Waals surface area contributed by atoms with Crippen LogP contribution < -0.4 is 4.74 Å². The summed E-state index contributed by atoms with van der Waals surface area (Å²) in [5, 5.41) is 10.9. The second-order valence-corrected chi connectivity index (χ2v) is 2.13. The molecule has 1 aromatic carbocycles. The van der Waals surface area contributed by atoms with E-state index in [0.717, 1.165) is 6.21 Å². The van der Waals surface area contributed by atoms with Crippen LogP contribution in [0.15, 0.2) is 23.4 Å². The Hall–Kier alpha value is -1.58. The third-order valence-electron chi connectivity index (χ3n) is 1.40. The molecule has 0 radical (unpaired) electrons. The van der Waals surface area contributed by atoms with E-state index in [-0.39, 0.29) is 5.56 Å². The van der Waals surface area contributed by atoms with Gasteiger partial charge in [0.05, 0.1) is 13.3 Å². The standard InChI is InChI=1S/C8H8FNO2/c1-12-7-2-3-8(9)6(4-7)5-10-11/h2-5,11H,1H3/b10-5+. The summed E-state index contributed by atoms with van der Waals surface area (Å²) in [6, 6.07) is 4.18. The molecule has 12 heavy (non-hydrogen) atoms. The summed E-state index contributed by atoms with van der Waals surface area (Å²) in [6.45, 7) is 0. The van der Waals surface area contributed by atoms with Gasteiger partial charge in [0.1, 0.15) is 11.6 Å². The van der Waals surface area contributed by atoms with Gasteiger partial charge in [-0.1, -0.05) is 5.16 Å². The van der Waals surface area contributed by atoms with Crippen LogP contribution >= 0.6 is 0 Å². The predicted molar refractivity (Wildman–Crippen MR) is 42.3 cm³/mol. The van der Waals surface area contributed by atoms with E-state index < -0.39 is 5.82 Å². The van der Waals surface area contributed by atoms with E-state index in [1.54, 1.807) is 0 Å². The molecule has 64 valence electrons. The Bertz CT molecular complexity index is 299. The molecule has 1 N–H and O–H groups in total. The topological polar surface area (TPSA) is 41.8 Å². The molecule has 0 aliphatic carbocycles. The third-order valence-corrected chi connectivity index (χ3v) is 1.40. The summed E-state index contributed by atoms with van der Waals surface area (Å²) in [4.78, 5) is 0. The van der Waals surface area contributed by atoms with Gasteiger partial charge in [0.15, 0.2) is 0 Å². The summed E-state index contributed by atoms with van der Waals surface area (Å²) < 4.78 is 17.7. The van der Waals surface area contributed by atoms with Crippen LogP contribution in [0.1, 0.15) is 5.56 Å². The van der Waals surface area contributed by atoms with Crippen molar-refractivity contribution in [3.8, 4) is 5.75 Å². The molecule has 0 aliphatic heterocycles. The zero-order valence-corrected chi connectivity index (χ0v) is 6.49. The van der Waals surface area contributed by atoms with Gasteiger partial charge in [-0.3, -0.25) is 0 Å². The Balaban J connectivity index is 3.08. The van der Waals surface area contributed by atoms with Crippen molar-refractivity contribution in [3.05, 3.63) is 29.6 Å². The second-order valence-electron chi connectivity index (χ2n) is 2.13. The monoisotopic (exact) mass is 169 g/mol. The van der Waals surface area contributed by atoms with Crippen molar-refractivity contribution in [1.82, 2.24) is 0 Å². The first-order chi connectivity index (χ1) is 5.77. The number of rotatable bonds is 2. The average molecular weight is 169 g/mol. The van der Waals surface area contributed by atoms with Gasteiger partial charge >= 0.3 is 0 Å². The molecular formula is C8H8FNO2. The van der Waals surface area contributed by atoms with Gasteiger partial charge in [-0.15, -0.1) is 0 Å². The molecule has 0 saturated carbocycles. The average Bonchev–Trinajstić information content (AvgIpc) is 2.09. The molecule has 0 amide bonds. The second kappa shape index (κ2) is 3.71. The number of methoxy groups -OCH3 is 1. The van der Waals surface area contributed by atoms with Crippen LogP contribution in [0.25, 0.3) is 0 Å². The Morgan fingerprint density at radius 1 is 1.58 bits per heavy atom. The molecule has 0 saturated heterocycles. The van der Waals surface area contributed by atoms with Gasteiger partial charge in [-0.05, 0) is 18.2 Å². The molecular weight excluding hydrogens is 161 g/mol. The number of benzene rings is 1. The van der Waals surface area contributed by atoms with Gasteiger partial charge in [-0.2, -0.15) is 0 Å². The fourth-order valence-corrected chi connectivity index (χ4v) is 0.810. The van der Waals surface area contributed by atoms with Crippen LogP contribution in [0.2, 0.25) is 0 Å². The molecule has 1 rings (SSSR count). The van der Waals surface area contributed by atoms with Gasteiger partial charge < -0.3 is 9.94 Å². The maximum absolute atomic E-state index is 12.8. The van der Waals surface area contributed by atoms with Crippen molar-refractivity contribution < 1.29 is 14.3 Å². The minimum Gasteiger partial charge on any atom is -0.497 e. The molecule has 0 spiro atoms. The van der Waals surface area contributed by atoms with Gasteiger partial charge in [0.2, 0.25) is 0 Å². The number of hydrogen-bond donors (Lipinski definition) is 1. The fraction of sp³-hybridized carbons (Fsp3) is 0.125. The minimum absolute atomic E-state index is 0.192. The van der Waals surface area contributed by atoms with E-state index in [1.165, 1.54) is 25.3 Å². The lowest BCUT2D eigenvalue weighted by atomic mass is 10.2. The molecule has 0 atom stereocenters. The van der Waals surface area contributed by atoms with Crippen molar-refractivity contribution >= 4 is 6.21 Å². The number of nitrogens with zero attached hydrogens (tertiary/aromatic N) is 1. The fourth-order valence-electron chi connectivity index (χ4n) is 0.810. The van der Waals surface area contributed by atoms with Crippen molar-refractivity contribution in [3.63, 3.8) is 0 Å². The Morgan fingerprint density at radius 3 is 2.92 bits per heavy atom. The largest absolute Gasteiger partial charge is 0.497 e. The summed E-state index contributed by atoms with van der Waals surface area (Å²) in [5.74, 6) is 0.0694. The molecule has 0 fully saturated rings. The van der Waals surface area contributed by atoms with Crippen LogP contribution in [0.4, 0.5) is 4.39 Å². The number of oxime groups is 1. The first kappa shape index (κ1) is 8.52. The first-order valence-corrected chi connectivity index (χ1v) is 3.29. The molecule has 1 aromatic rings. The van der Waals surface area contributed by atoms with E-state index in [1.807, 2.05) is 0 Å². The molecule has 0 aromatic heterocycles. The first-order valence-electron chi connectivity index (χ1n) is 3.29. The lowest BCUT2D eigenvalue weighted by molar-refractivity contribution is 0.321.